The summed E-state index contributed by atoms with van der Waals surface area (Å²) in [5, 5.41) is 2.72. The molecule has 0 bridgehead atoms. The Morgan fingerprint density at radius 1 is 1.16 bits per heavy atom. The number of rotatable bonds is 7. The van der Waals surface area contributed by atoms with Gasteiger partial charge in [0.05, 0.1) is 12.8 Å². The Labute approximate surface area is 182 Å². The molecule has 4 aromatic rings. The van der Waals surface area contributed by atoms with E-state index in [2.05, 4.69) is 20.0 Å². The molecule has 0 spiro atoms. The monoisotopic (exact) mass is 436 g/mol. The Morgan fingerprint density at radius 2 is 1.97 bits per heavy atom. The van der Waals surface area contributed by atoms with Crippen molar-refractivity contribution < 1.29 is 23.0 Å². The molecule has 0 fully saturated rings. The van der Waals surface area contributed by atoms with E-state index in [1.807, 2.05) is 35.0 Å². The zero-order valence-electron chi connectivity index (χ0n) is 16.9. The quantitative estimate of drug-likeness (QED) is 0.427. The first-order chi connectivity index (χ1) is 15.5. The maximum Gasteiger partial charge on any atom is 0.387 e. The number of methoxy groups -OCH3 is 1. The lowest BCUT2D eigenvalue weighted by molar-refractivity contribution is -0.111. The number of carbonyl (C=O) groups is 1. The number of carbonyl (C=O) groups excluding carboxylic acids is 1. The summed E-state index contributed by atoms with van der Waals surface area (Å²) >= 11 is 0. The van der Waals surface area contributed by atoms with E-state index in [0.29, 0.717) is 11.5 Å². The van der Waals surface area contributed by atoms with Crippen LogP contribution in [0.3, 0.4) is 0 Å². The number of hydrogen-bond acceptors (Lipinski definition) is 5. The second-order valence-electron chi connectivity index (χ2n) is 6.61. The maximum absolute atomic E-state index is 12.7. The highest BCUT2D eigenvalue weighted by molar-refractivity contribution is 6.02. The van der Waals surface area contributed by atoms with Crippen LogP contribution in [0, 0.1) is 0 Å². The Balaban J connectivity index is 1.46. The minimum absolute atomic E-state index is 0.139. The summed E-state index contributed by atoms with van der Waals surface area (Å²) < 4.78 is 36.9. The first-order valence-corrected chi connectivity index (χ1v) is 9.54. The number of nitrogens with one attached hydrogen (secondary N) is 1. The molecule has 0 saturated heterocycles. The Hall–Kier alpha value is -4.27. The van der Waals surface area contributed by atoms with Crippen LogP contribution in [0.1, 0.15) is 5.56 Å². The fourth-order valence-corrected chi connectivity index (χ4v) is 3.08. The molecule has 0 atom stereocenters. The molecular weight excluding hydrogens is 418 g/mol. The number of nitrogens with zero attached hydrogens (tertiary/aromatic N) is 3. The predicted octanol–water partition coefficient (Wildman–Crippen LogP) is 4.66. The topological polar surface area (TPSA) is 77.8 Å². The number of anilines is 1. The third kappa shape index (κ3) is 4.72. The normalized spacial score (nSPS) is 11.2. The average Bonchev–Trinajstić information content (AvgIpc) is 3.23. The molecule has 4 rings (SSSR count). The fraction of sp³-hybridized carbons (Fsp3) is 0.0870. The van der Waals surface area contributed by atoms with Crippen LogP contribution in [0.15, 0.2) is 73.2 Å². The van der Waals surface area contributed by atoms with Gasteiger partial charge in [-0.05, 0) is 30.3 Å². The van der Waals surface area contributed by atoms with Gasteiger partial charge in [0.25, 0.3) is 0 Å². The van der Waals surface area contributed by atoms with Crippen LogP contribution in [-0.4, -0.2) is 34.0 Å². The minimum Gasteiger partial charge on any atom is -0.493 e. The number of ether oxygens (including phenoxy) is 2. The standard InChI is InChI=1S/C23H18F2N4O3/c1-31-19-5-2-4-16(21(19)32-22(24)25)8-11-20(30)27-17-9-6-15(7-10-17)18-14-29-13-3-12-26-23(29)28-18/h2-14,22H,1H3,(H,27,30)/b11-8+. The number of amides is 1. The molecule has 0 aliphatic heterocycles. The largest absolute Gasteiger partial charge is 0.493 e. The molecule has 0 radical (unpaired) electrons. The van der Waals surface area contributed by atoms with Gasteiger partial charge in [0.2, 0.25) is 11.7 Å². The SMILES string of the molecule is COc1cccc(/C=C/C(=O)Nc2ccc(-c3cn4cccnc4n3)cc2)c1OC(F)F. The minimum atomic E-state index is -3.02. The predicted molar refractivity (Wildman–Crippen MR) is 116 cm³/mol. The average molecular weight is 436 g/mol. The number of fused-ring (bicyclic) bond motifs is 1. The molecule has 7 nitrogen and oxygen atoms in total. The molecule has 1 amide bonds. The van der Waals surface area contributed by atoms with Crippen LogP contribution in [0.4, 0.5) is 14.5 Å². The third-order valence-corrected chi connectivity index (χ3v) is 4.53. The van der Waals surface area contributed by atoms with Crippen molar-refractivity contribution in [3.05, 3.63) is 78.8 Å². The second kappa shape index (κ2) is 9.25. The van der Waals surface area contributed by atoms with Crippen LogP contribution in [0.2, 0.25) is 0 Å². The molecule has 0 aliphatic carbocycles. The zero-order valence-corrected chi connectivity index (χ0v) is 16.9. The van der Waals surface area contributed by atoms with Gasteiger partial charge in [0.15, 0.2) is 11.5 Å². The van der Waals surface area contributed by atoms with Crippen molar-refractivity contribution in [2.75, 3.05) is 12.4 Å². The summed E-state index contributed by atoms with van der Waals surface area (Å²) in [5.41, 5.74) is 2.48. The number of hydrogen-bond donors (Lipinski definition) is 1. The molecule has 9 heteroatoms. The summed E-state index contributed by atoms with van der Waals surface area (Å²) in [5.74, 6) is 0.171. The third-order valence-electron chi connectivity index (χ3n) is 4.53. The molecular formula is C23H18F2N4O3. The van der Waals surface area contributed by atoms with Crippen molar-refractivity contribution in [2.24, 2.45) is 0 Å². The molecule has 0 aliphatic rings. The lowest BCUT2D eigenvalue weighted by atomic mass is 10.1. The van der Waals surface area contributed by atoms with Crippen LogP contribution in [0.25, 0.3) is 23.1 Å². The Kier molecular flexibility index (Phi) is 6.07. The molecule has 162 valence electrons. The summed E-state index contributed by atoms with van der Waals surface area (Å²) in [6.07, 6.45) is 8.01. The summed E-state index contributed by atoms with van der Waals surface area (Å²) in [6.45, 7) is -3.02. The Morgan fingerprint density at radius 3 is 2.69 bits per heavy atom. The van der Waals surface area contributed by atoms with E-state index in [-0.39, 0.29) is 17.1 Å². The van der Waals surface area contributed by atoms with Crippen molar-refractivity contribution >= 4 is 23.4 Å². The van der Waals surface area contributed by atoms with Gasteiger partial charge in [-0.1, -0.05) is 24.3 Å². The van der Waals surface area contributed by atoms with Crippen molar-refractivity contribution in [3.63, 3.8) is 0 Å². The van der Waals surface area contributed by atoms with Gasteiger partial charge in [-0.3, -0.25) is 9.20 Å². The summed E-state index contributed by atoms with van der Waals surface area (Å²) in [7, 11) is 1.35. The van der Waals surface area contributed by atoms with E-state index in [1.54, 1.807) is 30.5 Å². The highest BCUT2D eigenvalue weighted by atomic mass is 19.3. The van der Waals surface area contributed by atoms with Crippen LogP contribution < -0.4 is 14.8 Å². The molecule has 32 heavy (non-hydrogen) atoms. The van der Waals surface area contributed by atoms with E-state index < -0.39 is 12.5 Å². The summed E-state index contributed by atoms with van der Waals surface area (Å²) in [6, 6.07) is 13.6. The molecule has 0 saturated carbocycles. The molecule has 1 N–H and O–H groups in total. The van der Waals surface area contributed by atoms with Gasteiger partial charge in [0, 0.05) is 41.5 Å². The van der Waals surface area contributed by atoms with Crippen molar-refractivity contribution in [3.8, 4) is 22.8 Å². The highest BCUT2D eigenvalue weighted by Crippen LogP contribution is 2.33. The first kappa shape index (κ1) is 21.0. The lowest BCUT2D eigenvalue weighted by Gasteiger charge is -2.12. The van der Waals surface area contributed by atoms with E-state index in [0.717, 1.165) is 11.3 Å². The zero-order chi connectivity index (χ0) is 22.5. The fourth-order valence-electron chi connectivity index (χ4n) is 3.08. The number of benzene rings is 2. The Bertz CT molecular complexity index is 1240. The van der Waals surface area contributed by atoms with Crippen molar-refractivity contribution in [1.82, 2.24) is 14.4 Å². The van der Waals surface area contributed by atoms with Crippen LogP contribution in [0.5, 0.6) is 11.5 Å². The molecule has 2 aromatic heterocycles. The molecule has 2 heterocycles. The van der Waals surface area contributed by atoms with Gasteiger partial charge in [-0.2, -0.15) is 8.78 Å². The molecule has 2 aromatic carbocycles. The van der Waals surface area contributed by atoms with E-state index in [9.17, 15) is 13.6 Å². The summed E-state index contributed by atoms with van der Waals surface area (Å²) in [4.78, 5) is 21.0. The van der Waals surface area contributed by atoms with Crippen molar-refractivity contribution in [2.45, 2.75) is 6.61 Å². The van der Waals surface area contributed by atoms with Crippen molar-refractivity contribution in [1.29, 1.82) is 0 Å². The van der Waals surface area contributed by atoms with Gasteiger partial charge in [-0.15, -0.1) is 0 Å². The van der Waals surface area contributed by atoms with Gasteiger partial charge < -0.3 is 14.8 Å². The van der Waals surface area contributed by atoms with Gasteiger partial charge in [0.1, 0.15) is 0 Å². The number of alkyl halides is 2. The van der Waals surface area contributed by atoms with E-state index in [1.165, 1.54) is 25.3 Å². The van der Waals surface area contributed by atoms with Crippen LogP contribution >= 0.6 is 0 Å². The van der Waals surface area contributed by atoms with Gasteiger partial charge >= 0.3 is 6.61 Å². The smallest absolute Gasteiger partial charge is 0.387 e. The highest BCUT2D eigenvalue weighted by Gasteiger charge is 2.14. The van der Waals surface area contributed by atoms with E-state index in [4.69, 9.17) is 4.74 Å². The first-order valence-electron chi connectivity index (χ1n) is 9.54. The molecule has 0 unspecified atom stereocenters. The van der Waals surface area contributed by atoms with E-state index >= 15 is 0 Å². The number of para-hydroxylation sites is 1. The lowest BCUT2D eigenvalue weighted by Crippen LogP contribution is -2.08. The maximum atomic E-state index is 12.7. The number of aromatic nitrogens is 3. The second-order valence-corrected chi connectivity index (χ2v) is 6.61. The number of imidazole rings is 1. The van der Waals surface area contributed by atoms with Gasteiger partial charge in [-0.25, -0.2) is 9.97 Å². The number of halogens is 2. The van der Waals surface area contributed by atoms with Crippen LogP contribution in [-0.2, 0) is 4.79 Å².